The highest BCUT2D eigenvalue weighted by Crippen LogP contribution is 2.30. The Morgan fingerprint density at radius 1 is 1.13 bits per heavy atom. The summed E-state index contributed by atoms with van der Waals surface area (Å²) >= 11 is 0. The number of pyridine rings is 1. The predicted octanol–water partition coefficient (Wildman–Crippen LogP) is 2.26. The Morgan fingerprint density at radius 3 is 2.57 bits per heavy atom. The van der Waals surface area contributed by atoms with Crippen molar-refractivity contribution in [3.05, 3.63) is 18.3 Å². The number of carbonyl (C=O) groups excluding carboxylic acids is 2. The second-order valence-corrected chi connectivity index (χ2v) is 6.34. The molecule has 1 heterocycles. The highest BCUT2D eigenvalue weighted by atomic mass is 16.5. The van der Waals surface area contributed by atoms with E-state index in [2.05, 4.69) is 15.6 Å². The molecule has 0 aromatic carbocycles. The molecule has 0 radical (unpaired) electrons. The Morgan fingerprint density at radius 2 is 1.91 bits per heavy atom. The lowest BCUT2D eigenvalue weighted by Gasteiger charge is -2.22. The molecule has 2 aliphatic carbocycles. The van der Waals surface area contributed by atoms with E-state index in [1.165, 1.54) is 19.3 Å². The summed E-state index contributed by atoms with van der Waals surface area (Å²) in [6.07, 6.45) is 9.22. The molecular weight excluding hydrogens is 294 g/mol. The van der Waals surface area contributed by atoms with Gasteiger partial charge >= 0.3 is 0 Å². The first-order chi connectivity index (χ1) is 11.2. The predicted molar refractivity (Wildman–Crippen MR) is 86.1 cm³/mol. The van der Waals surface area contributed by atoms with Crippen molar-refractivity contribution in [2.45, 2.75) is 51.0 Å². The lowest BCUT2D eigenvalue weighted by molar-refractivity contribution is -0.124. The van der Waals surface area contributed by atoms with Crippen LogP contribution in [0.1, 0.15) is 44.9 Å². The van der Waals surface area contributed by atoms with Crippen molar-refractivity contribution < 1.29 is 14.3 Å². The van der Waals surface area contributed by atoms with Gasteiger partial charge in [0.15, 0.2) is 6.61 Å². The van der Waals surface area contributed by atoms with E-state index in [0.29, 0.717) is 11.6 Å². The average molecular weight is 317 g/mol. The van der Waals surface area contributed by atoms with Gasteiger partial charge in [-0.1, -0.05) is 19.3 Å². The SMILES string of the molecule is O=C(COc1ccc(NC(=O)C2CC2)cn1)NC1CCCCC1. The van der Waals surface area contributed by atoms with Crippen LogP contribution in [-0.4, -0.2) is 29.4 Å². The molecule has 2 N–H and O–H groups in total. The molecule has 0 unspecified atom stereocenters. The molecule has 0 saturated heterocycles. The van der Waals surface area contributed by atoms with Crippen molar-refractivity contribution in [3.8, 4) is 5.88 Å². The number of hydrogen-bond donors (Lipinski definition) is 2. The normalized spacial score (nSPS) is 18.3. The summed E-state index contributed by atoms with van der Waals surface area (Å²) in [5.74, 6) is 0.486. The average Bonchev–Trinajstić information content (AvgIpc) is 3.40. The zero-order chi connectivity index (χ0) is 16.1. The number of aromatic nitrogens is 1. The molecule has 0 spiro atoms. The molecule has 0 aliphatic heterocycles. The van der Waals surface area contributed by atoms with Crippen molar-refractivity contribution in [2.24, 2.45) is 5.92 Å². The maximum atomic E-state index is 11.9. The number of nitrogens with zero attached hydrogens (tertiary/aromatic N) is 1. The molecule has 23 heavy (non-hydrogen) atoms. The van der Waals surface area contributed by atoms with Gasteiger partial charge in [0.1, 0.15) is 0 Å². The maximum absolute atomic E-state index is 11.9. The molecule has 0 atom stereocenters. The number of anilines is 1. The molecule has 2 saturated carbocycles. The van der Waals surface area contributed by atoms with Crippen molar-refractivity contribution in [2.75, 3.05) is 11.9 Å². The minimum absolute atomic E-state index is 0.0305. The van der Waals surface area contributed by atoms with Crippen LogP contribution in [0.3, 0.4) is 0 Å². The van der Waals surface area contributed by atoms with Gasteiger partial charge in [0.05, 0.1) is 11.9 Å². The first kappa shape index (κ1) is 15.8. The molecule has 2 aliphatic rings. The van der Waals surface area contributed by atoms with Crippen LogP contribution in [0.2, 0.25) is 0 Å². The number of carbonyl (C=O) groups is 2. The van der Waals surface area contributed by atoms with E-state index in [-0.39, 0.29) is 30.4 Å². The molecule has 2 fully saturated rings. The van der Waals surface area contributed by atoms with Crippen molar-refractivity contribution in [3.63, 3.8) is 0 Å². The quantitative estimate of drug-likeness (QED) is 0.843. The number of rotatable bonds is 6. The molecule has 6 heteroatoms. The van der Waals surface area contributed by atoms with E-state index >= 15 is 0 Å². The van der Waals surface area contributed by atoms with Crippen LogP contribution in [0, 0.1) is 5.92 Å². The smallest absolute Gasteiger partial charge is 0.258 e. The summed E-state index contributed by atoms with van der Waals surface area (Å²) in [5, 5.41) is 5.81. The zero-order valence-electron chi connectivity index (χ0n) is 13.2. The second kappa shape index (κ2) is 7.44. The van der Waals surface area contributed by atoms with Gasteiger partial charge in [0, 0.05) is 18.0 Å². The standard InChI is InChI=1S/C17H23N3O3/c21-15(19-13-4-2-1-3-5-13)11-23-16-9-8-14(10-18-16)20-17(22)12-6-7-12/h8-10,12-13H,1-7,11H2,(H,19,21)(H,20,22). The van der Waals surface area contributed by atoms with Gasteiger partial charge < -0.3 is 15.4 Å². The molecule has 0 bridgehead atoms. The van der Waals surface area contributed by atoms with E-state index < -0.39 is 0 Å². The van der Waals surface area contributed by atoms with Crippen molar-refractivity contribution in [1.82, 2.24) is 10.3 Å². The Labute approximate surface area is 136 Å². The van der Waals surface area contributed by atoms with Crippen LogP contribution in [-0.2, 0) is 9.59 Å². The Bertz CT molecular complexity index is 549. The van der Waals surface area contributed by atoms with E-state index in [4.69, 9.17) is 4.74 Å². The fourth-order valence-electron chi connectivity index (χ4n) is 2.79. The van der Waals surface area contributed by atoms with Gasteiger partial charge in [-0.05, 0) is 31.7 Å². The number of amides is 2. The highest BCUT2D eigenvalue weighted by molar-refractivity contribution is 5.93. The van der Waals surface area contributed by atoms with E-state index in [0.717, 1.165) is 25.7 Å². The third kappa shape index (κ3) is 4.94. The van der Waals surface area contributed by atoms with Gasteiger partial charge in [-0.2, -0.15) is 0 Å². The van der Waals surface area contributed by atoms with E-state index in [1.54, 1.807) is 18.3 Å². The van der Waals surface area contributed by atoms with Crippen LogP contribution >= 0.6 is 0 Å². The molecule has 1 aromatic heterocycles. The summed E-state index contributed by atoms with van der Waals surface area (Å²) in [7, 11) is 0. The van der Waals surface area contributed by atoms with Crippen LogP contribution in [0.4, 0.5) is 5.69 Å². The minimum atomic E-state index is -0.107. The van der Waals surface area contributed by atoms with Crippen molar-refractivity contribution in [1.29, 1.82) is 0 Å². The lowest BCUT2D eigenvalue weighted by atomic mass is 9.95. The third-order valence-electron chi connectivity index (χ3n) is 4.27. The Kier molecular flexibility index (Phi) is 5.10. The second-order valence-electron chi connectivity index (χ2n) is 6.34. The number of nitrogens with one attached hydrogen (secondary N) is 2. The molecular formula is C17H23N3O3. The number of hydrogen-bond acceptors (Lipinski definition) is 4. The molecule has 6 nitrogen and oxygen atoms in total. The maximum Gasteiger partial charge on any atom is 0.258 e. The molecule has 2 amide bonds. The Balaban J connectivity index is 1.40. The number of ether oxygens (including phenoxy) is 1. The van der Waals surface area contributed by atoms with E-state index in [9.17, 15) is 9.59 Å². The summed E-state index contributed by atoms with van der Waals surface area (Å²) in [4.78, 5) is 27.6. The fraction of sp³-hybridized carbons (Fsp3) is 0.588. The van der Waals surface area contributed by atoms with Crippen molar-refractivity contribution >= 4 is 17.5 Å². The minimum Gasteiger partial charge on any atom is -0.468 e. The Hall–Kier alpha value is -2.11. The highest BCUT2D eigenvalue weighted by Gasteiger charge is 2.29. The molecule has 1 aromatic rings. The zero-order valence-corrected chi connectivity index (χ0v) is 13.2. The molecule has 3 rings (SSSR count). The van der Waals surface area contributed by atoms with E-state index in [1.807, 2.05) is 0 Å². The summed E-state index contributed by atoms with van der Waals surface area (Å²) in [6.45, 7) is -0.0305. The van der Waals surface area contributed by atoms with Crippen LogP contribution in [0.25, 0.3) is 0 Å². The topological polar surface area (TPSA) is 80.3 Å². The van der Waals surface area contributed by atoms with Gasteiger partial charge in [0.25, 0.3) is 5.91 Å². The van der Waals surface area contributed by atoms with Gasteiger partial charge in [-0.15, -0.1) is 0 Å². The third-order valence-corrected chi connectivity index (χ3v) is 4.27. The molecule has 124 valence electrons. The van der Waals surface area contributed by atoms with Crippen LogP contribution in [0.15, 0.2) is 18.3 Å². The monoisotopic (exact) mass is 317 g/mol. The first-order valence-corrected chi connectivity index (χ1v) is 8.40. The largest absolute Gasteiger partial charge is 0.468 e. The van der Waals surface area contributed by atoms with Gasteiger partial charge in [-0.25, -0.2) is 4.98 Å². The van der Waals surface area contributed by atoms with Gasteiger partial charge in [-0.3, -0.25) is 9.59 Å². The summed E-state index contributed by atoms with van der Waals surface area (Å²) < 4.78 is 5.39. The fourth-order valence-corrected chi connectivity index (χ4v) is 2.79. The lowest BCUT2D eigenvalue weighted by Crippen LogP contribution is -2.39. The van der Waals surface area contributed by atoms with Gasteiger partial charge in [0.2, 0.25) is 11.8 Å². The first-order valence-electron chi connectivity index (χ1n) is 8.40. The van der Waals surface area contributed by atoms with Crippen LogP contribution in [0.5, 0.6) is 5.88 Å². The summed E-state index contributed by atoms with van der Waals surface area (Å²) in [5.41, 5.74) is 0.654. The van der Waals surface area contributed by atoms with Crippen LogP contribution < -0.4 is 15.4 Å². The summed E-state index contributed by atoms with van der Waals surface area (Å²) in [6, 6.07) is 3.69.